The Kier molecular flexibility index (Phi) is 5.00. The molecule has 0 saturated heterocycles. The van der Waals surface area contributed by atoms with Crippen LogP contribution in [-0.2, 0) is 10.8 Å². The van der Waals surface area contributed by atoms with E-state index in [1.807, 2.05) is 0 Å². The Morgan fingerprint density at radius 2 is 1.71 bits per heavy atom. The molecule has 4 heteroatoms. The van der Waals surface area contributed by atoms with Gasteiger partial charge in [-0.05, 0) is 100 Å². The monoisotopic (exact) mass is 414 g/mol. The van der Waals surface area contributed by atoms with E-state index in [-0.39, 0.29) is 5.41 Å². The molecule has 3 aliphatic rings. The lowest BCUT2D eigenvalue weighted by Crippen LogP contribution is -2.45. The van der Waals surface area contributed by atoms with E-state index in [9.17, 15) is 0 Å². The first-order valence-electron chi connectivity index (χ1n) is 11.2. The lowest BCUT2D eigenvalue weighted by Gasteiger charge is -2.48. The molecule has 1 fully saturated rings. The Bertz CT molecular complexity index is 774. The molecule has 154 valence electrons. The lowest BCUT2D eigenvalue weighted by atomic mass is 9.59. The molecule has 0 aliphatic heterocycles. The summed E-state index contributed by atoms with van der Waals surface area (Å²) in [7, 11) is -3.07. The van der Waals surface area contributed by atoms with Crippen LogP contribution in [0, 0.1) is 17.3 Å². The van der Waals surface area contributed by atoms with Crippen LogP contribution in [-0.4, -0.2) is 22.7 Å². The van der Waals surface area contributed by atoms with E-state index < -0.39 is 16.6 Å². The number of allylic oxidation sites excluding steroid dienone is 1. The quantitative estimate of drug-likeness (QED) is 0.400. The minimum Gasteiger partial charge on any atom is -0.544 e. The fraction of sp³-hybridized carbons (Fsp3) is 0.667. The summed E-state index contributed by atoms with van der Waals surface area (Å²) in [5.74, 6) is 3.18. The Labute approximate surface area is 174 Å². The summed E-state index contributed by atoms with van der Waals surface area (Å²) >= 11 is 0. The highest BCUT2D eigenvalue weighted by Crippen LogP contribution is 2.59. The molecule has 2 nitrogen and oxygen atoms in total. The standard InChI is InChI=1S/C24H38O2Si2/c1-24-15-14-20-19-11-9-18(25-27(2,3)4)16-17(19)8-10-21(20)22(24)12-13-23(24)26-28(5,6)7/h9,11,14-16,20-23H,8,10,12-13H2,1-7H3. The molecule has 0 radical (unpaired) electrons. The van der Waals surface area contributed by atoms with Crippen molar-refractivity contribution in [2.45, 2.75) is 83.9 Å². The second-order valence-electron chi connectivity index (χ2n) is 11.4. The van der Waals surface area contributed by atoms with E-state index in [2.05, 4.69) is 76.6 Å². The van der Waals surface area contributed by atoms with Crippen LogP contribution in [0.2, 0.25) is 39.3 Å². The van der Waals surface area contributed by atoms with Crippen molar-refractivity contribution in [2.24, 2.45) is 17.3 Å². The number of rotatable bonds is 4. The molecule has 0 heterocycles. The number of fused-ring (bicyclic) bond motifs is 5. The average molecular weight is 415 g/mol. The van der Waals surface area contributed by atoms with Gasteiger partial charge in [-0.1, -0.05) is 25.1 Å². The summed E-state index contributed by atoms with van der Waals surface area (Å²) in [5.41, 5.74) is 3.28. The Morgan fingerprint density at radius 3 is 2.39 bits per heavy atom. The van der Waals surface area contributed by atoms with Gasteiger partial charge in [-0.15, -0.1) is 0 Å². The Hall–Kier alpha value is -0.846. The van der Waals surface area contributed by atoms with E-state index in [4.69, 9.17) is 8.85 Å². The van der Waals surface area contributed by atoms with Crippen molar-refractivity contribution >= 4 is 16.6 Å². The molecule has 0 aromatic heterocycles. The molecule has 5 unspecified atom stereocenters. The summed E-state index contributed by atoms with van der Waals surface area (Å²) in [5, 5.41) is 0. The zero-order chi connectivity index (χ0) is 20.3. The van der Waals surface area contributed by atoms with Gasteiger partial charge in [0.15, 0.2) is 8.32 Å². The van der Waals surface area contributed by atoms with Crippen LogP contribution in [0.1, 0.15) is 43.2 Å². The third kappa shape index (κ3) is 3.80. The lowest BCUT2D eigenvalue weighted by molar-refractivity contribution is 0.0572. The Morgan fingerprint density at radius 1 is 0.964 bits per heavy atom. The van der Waals surface area contributed by atoms with Crippen LogP contribution >= 0.6 is 0 Å². The first-order chi connectivity index (χ1) is 13.0. The molecule has 0 bridgehead atoms. The van der Waals surface area contributed by atoms with Crippen molar-refractivity contribution in [3.05, 3.63) is 41.5 Å². The van der Waals surface area contributed by atoms with Gasteiger partial charge in [-0.3, -0.25) is 0 Å². The number of hydrogen-bond acceptors (Lipinski definition) is 2. The largest absolute Gasteiger partial charge is 0.544 e. The van der Waals surface area contributed by atoms with Gasteiger partial charge in [-0.2, -0.15) is 0 Å². The maximum Gasteiger partial charge on any atom is 0.242 e. The van der Waals surface area contributed by atoms with E-state index in [0.717, 1.165) is 17.6 Å². The molecular weight excluding hydrogens is 376 g/mol. The van der Waals surface area contributed by atoms with E-state index in [1.54, 1.807) is 5.56 Å². The molecule has 3 aliphatic carbocycles. The average Bonchev–Trinajstić information content (AvgIpc) is 2.88. The van der Waals surface area contributed by atoms with Gasteiger partial charge in [0, 0.05) is 11.3 Å². The van der Waals surface area contributed by atoms with Gasteiger partial charge in [0.25, 0.3) is 0 Å². The zero-order valence-electron chi connectivity index (χ0n) is 18.8. The fourth-order valence-corrected chi connectivity index (χ4v) is 8.05. The summed E-state index contributed by atoms with van der Waals surface area (Å²) in [6, 6.07) is 6.91. The highest BCUT2D eigenvalue weighted by molar-refractivity contribution is 6.70. The normalized spacial score (nSPS) is 34.5. The first-order valence-corrected chi connectivity index (χ1v) is 18.0. The van der Waals surface area contributed by atoms with Crippen LogP contribution in [0.25, 0.3) is 0 Å². The van der Waals surface area contributed by atoms with Crippen LogP contribution in [0.5, 0.6) is 5.75 Å². The molecule has 28 heavy (non-hydrogen) atoms. The third-order valence-electron chi connectivity index (χ3n) is 7.01. The zero-order valence-corrected chi connectivity index (χ0v) is 20.8. The van der Waals surface area contributed by atoms with Crippen LogP contribution in [0.4, 0.5) is 0 Å². The topological polar surface area (TPSA) is 18.5 Å². The molecule has 0 spiro atoms. The maximum atomic E-state index is 6.66. The van der Waals surface area contributed by atoms with Crippen molar-refractivity contribution in [1.82, 2.24) is 0 Å². The number of hydrogen-bond donors (Lipinski definition) is 0. The Balaban J connectivity index is 1.61. The van der Waals surface area contributed by atoms with Gasteiger partial charge < -0.3 is 8.85 Å². The molecule has 1 aromatic carbocycles. The summed E-state index contributed by atoms with van der Waals surface area (Å²) in [6.07, 6.45) is 10.5. The van der Waals surface area contributed by atoms with Gasteiger partial charge in [-0.25, -0.2) is 0 Å². The van der Waals surface area contributed by atoms with Crippen LogP contribution in [0.3, 0.4) is 0 Å². The molecule has 4 rings (SSSR count). The number of benzene rings is 1. The van der Waals surface area contributed by atoms with E-state index in [1.165, 1.54) is 31.2 Å². The molecule has 1 aromatic rings. The van der Waals surface area contributed by atoms with E-state index in [0.29, 0.717) is 12.0 Å². The van der Waals surface area contributed by atoms with Crippen molar-refractivity contribution in [3.8, 4) is 5.75 Å². The minimum atomic E-state index is -1.56. The van der Waals surface area contributed by atoms with Crippen molar-refractivity contribution in [1.29, 1.82) is 0 Å². The van der Waals surface area contributed by atoms with Crippen molar-refractivity contribution < 1.29 is 8.85 Å². The highest BCUT2D eigenvalue weighted by atomic mass is 28.4. The molecule has 1 saturated carbocycles. The fourth-order valence-electron chi connectivity index (χ4n) is 5.99. The summed E-state index contributed by atoms with van der Waals surface area (Å²) in [6.45, 7) is 16.2. The van der Waals surface area contributed by atoms with Gasteiger partial charge >= 0.3 is 0 Å². The minimum absolute atomic E-state index is 0.222. The maximum absolute atomic E-state index is 6.66. The van der Waals surface area contributed by atoms with Gasteiger partial charge in [0.1, 0.15) is 5.75 Å². The van der Waals surface area contributed by atoms with Crippen LogP contribution < -0.4 is 4.43 Å². The second-order valence-corrected chi connectivity index (χ2v) is 20.3. The third-order valence-corrected chi connectivity index (χ3v) is 8.85. The molecular formula is C24H38O2Si2. The number of aryl methyl sites for hydroxylation is 1. The van der Waals surface area contributed by atoms with Crippen molar-refractivity contribution in [3.63, 3.8) is 0 Å². The highest BCUT2D eigenvalue weighted by Gasteiger charge is 2.53. The smallest absolute Gasteiger partial charge is 0.242 e. The summed E-state index contributed by atoms with van der Waals surface area (Å²) in [4.78, 5) is 0. The van der Waals surface area contributed by atoms with Crippen LogP contribution in [0.15, 0.2) is 30.4 Å². The SMILES string of the molecule is CC12C=CC3c4ccc(O[Si](C)(C)C)cc4CCC3C1CCC2O[Si](C)(C)C. The molecule has 0 N–H and O–H groups in total. The molecule has 5 atom stereocenters. The first kappa shape index (κ1) is 20.4. The predicted molar refractivity (Wildman–Crippen MR) is 123 cm³/mol. The van der Waals surface area contributed by atoms with Crippen molar-refractivity contribution in [2.75, 3.05) is 0 Å². The van der Waals surface area contributed by atoms with E-state index >= 15 is 0 Å². The second kappa shape index (κ2) is 6.85. The van der Waals surface area contributed by atoms with Gasteiger partial charge in [0.05, 0.1) is 6.10 Å². The van der Waals surface area contributed by atoms with Gasteiger partial charge in [0.2, 0.25) is 8.32 Å². The summed E-state index contributed by atoms with van der Waals surface area (Å²) < 4.78 is 12.9. The predicted octanol–water partition coefficient (Wildman–Crippen LogP) is 6.75. The molecule has 0 amide bonds.